The molecule has 36 heavy (non-hydrogen) atoms. The van der Waals surface area contributed by atoms with Crippen LogP contribution >= 0.6 is 22.7 Å². The Hall–Kier alpha value is -3.30. The molecular weight excluding hydrogens is 490 g/mol. The van der Waals surface area contributed by atoms with Gasteiger partial charge in [-0.15, -0.1) is 31.7 Å². The van der Waals surface area contributed by atoms with Crippen LogP contribution in [0.1, 0.15) is 63.7 Å². The van der Waals surface area contributed by atoms with Gasteiger partial charge in [-0.25, -0.2) is 0 Å². The summed E-state index contributed by atoms with van der Waals surface area (Å²) < 4.78 is 0. The molecule has 2 aromatic heterocycles. The van der Waals surface area contributed by atoms with Crippen LogP contribution in [0, 0.1) is 0 Å². The quantitative estimate of drug-likeness (QED) is 0.321. The van der Waals surface area contributed by atoms with E-state index in [0.717, 1.165) is 51.8 Å². The molecule has 1 aliphatic rings. The fraction of sp³-hybridized carbons (Fsp3) is 0.333. The molecule has 1 fully saturated rings. The van der Waals surface area contributed by atoms with Crippen molar-refractivity contribution in [2.75, 3.05) is 5.32 Å². The standard InChI is InChI=1S/C27H27N5O2S2/c33-22(14-18-8-3-1-4-9-18)17-24-29-30-25(35-24)20-12-7-13-21(16-20)26-31-32-27(36-26)28-23(34)15-19-10-5-2-6-11-19/h1-6,8-11,20-21H,7,12-17H2,(H,28,32,34)/t20-,21+/m1/s1. The first-order chi connectivity index (χ1) is 17.6. The van der Waals surface area contributed by atoms with Crippen molar-refractivity contribution in [2.24, 2.45) is 0 Å². The second-order valence-corrected chi connectivity index (χ2v) is 11.2. The topological polar surface area (TPSA) is 97.7 Å². The van der Waals surface area contributed by atoms with E-state index in [0.29, 0.717) is 30.3 Å². The van der Waals surface area contributed by atoms with Crippen molar-refractivity contribution < 1.29 is 9.59 Å². The number of carbonyl (C=O) groups is 2. The molecule has 4 aromatic rings. The molecular formula is C27H27N5O2S2. The molecule has 2 aromatic carbocycles. The summed E-state index contributed by atoms with van der Waals surface area (Å²) in [6, 6.07) is 19.4. The molecule has 9 heteroatoms. The summed E-state index contributed by atoms with van der Waals surface area (Å²) in [7, 11) is 0. The summed E-state index contributed by atoms with van der Waals surface area (Å²) >= 11 is 3.02. The van der Waals surface area contributed by atoms with Gasteiger partial charge in [0.2, 0.25) is 11.0 Å². The molecule has 1 saturated carbocycles. The van der Waals surface area contributed by atoms with Gasteiger partial charge >= 0.3 is 0 Å². The maximum atomic E-state index is 12.5. The van der Waals surface area contributed by atoms with Crippen LogP contribution in [0.2, 0.25) is 0 Å². The maximum Gasteiger partial charge on any atom is 0.230 e. The van der Waals surface area contributed by atoms with Crippen molar-refractivity contribution in [3.63, 3.8) is 0 Å². The molecule has 1 N–H and O–H groups in total. The number of hydrogen-bond donors (Lipinski definition) is 1. The second kappa shape index (κ2) is 11.6. The number of anilines is 1. The lowest BCUT2D eigenvalue weighted by atomic mass is 9.82. The van der Waals surface area contributed by atoms with Crippen LogP contribution in [0.3, 0.4) is 0 Å². The first-order valence-corrected chi connectivity index (χ1v) is 13.8. The fourth-order valence-corrected chi connectivity index (χ4v) is 6.52. The molecule has 0 aliphatic heterocycles. The number of amides is 1. The number of aromatic nitrogens is 4. The monoisotopic (exact) mass is 517 g/mol. The lowest BCUT2D eigenvalue weighted by Gasteiger charge is -2.25. The summed E-state index contributed by atoms with van der Waals surface area (Å²) in [6.45, 7) is 0. The van der Waals surface area contributed by atoms with E-state index >= 15 is 0 Å². The molecule has 0 bridgehead atoms. The second-order valence-electron chi connectivity index (χ2n) is 9.13. The summed E-state index contributed by atoms with van der Waals surface area (Å²) in [5.41, 5.74) is 1.99. The van der Waals surface area contributed by atoms with Gasteiger partial charge in [0.1, 0.15) is 20.8 Å². The number of nitrogens with one attached hydrogen (secondary N) is 1. The Balaban J connectivity index is 1.15. The zero-order valence-corrected chi connectivity index (χ0v) is 21.4. The summed E-state index contributed by atoms with van der Waals surface area (Å²) in [6.07, 6.45) is 5.17. The largest absolute Gasteiger partial charge is 0.300 e. The van der Waals surface area contributed by atoms with Crippen molar-refractivity contribution >= 4 is 39.5 Å². The third-order valence-corrected chi connectivity index (χ3v) is 8.43. The Morgan fingerprint density at radius 1 is 0.750 bits per heavy atom. The third kappa shape index (κ3) is 6.47. The van der Waals surface area contributed by atoms with E-state index in [-0.39, 0.29) is 17.6 Å². The van der Waals surface area contributed by atoms with Crippen molar-refractivity contribution in [3.8, 4) is 0 Å². The van der Waals surface area contributed by atoms with E-state index < -0.39 is 0 Å². The number of nitrogens with zero attached hydrogens (tertiary/aromatic N) is 4. The van der Waals surface area contributed by atoms with Crippen molar-refractivity contribution in [1.82, 2.24) is 20.4 Å². The first kappa shape index (κ1) is 24.4. The predicted molar refractivity (Wildman–Crippen MR) is 141 cm³/mol. The molecule has 2 heterocycles. The number of hydrogen-bond acceptors (Lipinski definition) is 8. The van der Waals surface area contributed by atoms with E-state index in [1.807, 2.05) is 60.7 Å². The smallest absolute Gasteiger partial charge is 0.230 e. The van der Waals surface area contributed by atoms with Crippen molar-refractivity contribution in [2.45, 2.75) is 56.8 Å². The van der Waals surface area contributed by atoms with Gasteiger partial charge in [-0.05, 0) is 30.4 Å². The van der Waals surface area contributed by atoms with Gasteiger partial charge in [-0.2, -0.15) is 0 Å². The molecule has 1 aliphatic carbocycles. The zero-order chi connectivity index (χ0) is 24.7. The zero-order valence-electron chi connectivity index (χ0n) is 19.8. The Bertz CT molecular complexity index is 1210. The van der Waals surface area contributed by atoms with E-state index in [1.165, 1.54) is 11.3 Å². The van der Waals surface area contributed by atoms with Crippen LogP contribution in [0.4, 0.5) is 5.13 Å². The highest BCUT2D eigenvalue weighted by atomic mass is 32.1. The average Bonchev–Trinajstić information content (AvgIpc) is 3.55. The molecule has 0 saturated heterocycles. The number of Topliss-reactive ketones (excluding diaryl/α,β-unsaturated/α-hetero) is 1. The molecule has 0 radical (unpaired) electrons. The summed E-state index contributed by atoms with van der Waals surface area (Å²) in [4.78, 5) is 24.9. The molecule has 0 unspecified atom stereocenters. The van der Waals surface area contributed by atoms with Crippen LogP contribution < -0.4 is 5.32 Å². The van der Waals surface area contributed by atoms with Gasteiger partial charge in [-0.3, -0.25) is 9.59 Å². The van der Waals surface area contributed by atoms with Gasteiger partial charge in [-0.1, -0.05) is 78.4 Å². The Labute approximate surface area is 218 Å². The normalized spacial score (nSPS) is 17.6. The number of carbonyl (C=O) groups excluding carboxylic acids is 2. The molecule has 2 atom stereocenters. The minimum Gasteiger partial charge on any atom is -0.300 e. The van der Waals surface area contributed by atoms with Crippen LogP contribution in [-0.2, 0) is 28.9 Å². The van der Waals surface area contributed by atoms with Crippen molar-refractivity contribution in [3.05, 3.63) is 86.8 Å². The molecule has 184 valence electrons. The van der Waals surface area contributed by atoms with Gasteiger partial charge in [0.05, 0.1) is 12.8 Å². The summed E-state index contributed by atoms with van der Waals surface area (Å²) in [5, 5.41) is 23.5. The van der Waals surface area contributed by atoms with Gasteiger partial charge < -0.3 is 5.32 Å². The van der Waals surface area contributed by atoms with Gasteiger partial charge in [0.25, 0.3) is 0 Å². The van der Waals surface area contributed by atoms with E-state index in [4.69, 9.17) is 0 Å². The highest BCUT2D eigenvalue weighted by Crippen LogP contribution is 2.43. The average molecular weight is 518 g/mol. The van der Waals surface area contributed by atoms with Gasteiger partial charge in [0.15, 0.2) is 0 Å². The van der Waals surface area contributed by atoms with Crippen LogP contribution in [0.25, 0.3) is 0 Å². The first-order valence-electron chi connectivity index (χ1n) is 12.2. The Morgan fingerprint density at radius 3 is 2.06 bits per heavy atom. The van der Waals surface area contributed by atoms with Crippen LogP contribution in [0.5, 0.6) is 0 Å². The lowest BCUT2D eigenvalue weighted by molar-refractivity contribution is -0.118. The minimum atomic E-state index is -0.0892. The fourth-order valence-electron chi connectivity index (χ4n) is 4.59. The Morgan fingerprint density at radius 2 is 1.36 bits per heavy atom. The number of ketones is 1. The maximum absolute atomic E-state index is 12.5. The SMILES string of the molecule is O=C(Cc1ccccc1)Cc1nnc([C@@H]2CCC[C@H](c3nnc(NC(=O)Cc4ccccc4)s3)C2)s1. The summed E-state index contributed by atoms with van der Waals surface area (Å²) in [5.74, 6) is 0.655. The predicted octanol–water partition coefficient (Wildman–Crippen LogP) is 5.37. The molecule has 1 amide bonds. The molecule has 5 rings (SSSR count). The van der Waals surface area contributed by atoms with Crippen LogP contribution in [0.15, 0.2) is 60.7 Å². The number of rotatable bonds is 9. The lowest BCUT2D eigenvalue weighted by Crippen LogP contribution is -2.14. The van der Waals surface area contributed by atoms with Gasteiger partial charge in [0, 0.05) is 18.3 Å². The Kier molecular flexibility index (Phi) is 7.88. The van der Waals surface area contributed by atoms with Crippen molar-refractivity contribution in [1.29, 1.82) is 0 Å². The molecule has 7 nitrogen and oxygen atoms in total. The van der Waals surface area contributed by atoms with E-state index in [9.17, 15) is 9.59 Å². The van der Waals surface area contributed by atoms with E-state index in [1.54, 1.807) is 11.3 Å². The highest BCUT2D eigenvalue weighted by molar-refractivity contribution is 7.15. The van der Waals surface area contributed by atoms with Crippen LogP contribution in [-0.4, -0.2) is 32.1 Å². The minimum absolute atomic E-state index is 0.0892. The third-order valence-electron chi connectivity index (χ3n) is 6.34. The highest BCUT2D eigenvalue weighted by Gasteiger charge is 2.29. The molecule has 0 spiro atoms. The van der Waals surface area contributed by atoms with E-state index in [2.05, 4.69) is 25.7 Å². The number of benzene rings is 2.